The van der Waals surface area contributed by atoms with Crippen LogP contribution < -0.4 is 17.2 Å². The Labute approximate surface area is 338 Å². The summed E-state index contributed by atoms with van der Waals surface area (Å²) in [5.74, 6) is -0.0924. The monoisotopic (exact) mass is 757 g/mol. The van der Waals surface area contributed by atoms with Crippen LogP contribution in [0.5, 0.6) is 0 Å². The first-order valence-electron chi connectivity index (χ1n) is 19.5. The van der Waals surface area contributed by atoms with Gasteiger partial charge in [-0.15, -0.1) is 0 Å². The molecule has 0 atom stereocenters. The molecule has 59 heavy (non-hydrogen) atoms. The van der Waals surface area contributed by atoms with Gasteiger partial charge in [0, 0.05) is 50.4 Å². The first-order valence-corrected chi connectivity index (χ1v) is 19.5. The molecule has 6 N–H and O–H groups in total. The van der Waals surface area contributed by atoms with Gasteiger partial charge in [-0.25, -0.2) is 0 Å². The molecule has 0 saturated heterocycles. The number of nitrogens with two attached hydrogens (primary N) is 3. The molecule has 0 unspecified atom stereocenters. The van der Waals surface area contributed by atoms with Gasteiger partial charge >= 0.3 is 0 Å². The molecule has 12 rings (SSSR count). The van der Waals surface area contributed by atoms with Crippen LogP contribution in [-0.4, -0.2) is 17.3 Å². The number of benzene rings is 9. The zero-order chi connectivity index (χ0) is 39.8. The molecule has 9 aromatic rings. The fourth-order valence-electron chi connectivity index (χ4n) is 9.60. The highest BCUT2D eigenvalue weighted by molar-refractivity contribution is 6.25. The maximum atomic E-state index is 13.9. The van der Waals surface area contributed by atoms with E-state index in [1.54, 1.807) is 18.2 Å². The van der Waals surface area contributed by atoms with Gasteiger partial charge in [-0.2, -0.15) is 0 Å². The summed E-state index contributed by atoms with van der Waals surface area (Å²) in [5.41, 5.74) is 34.9. The molecule has 6 nitrogen and oxygen atoms in total. The third-order valence-electron chi connectivity index (χ3n) is 12.4. The Balaban J connectivity index is 1.03. The molecule has 9 aromatic carbocycles. The van der Waals surface area contributed by atoms with E-state index in [4.69, 9.17) is 17.2 Å². The summed E-state index contributed by atoms with van der Waals surface area (Å²) in [5, 5.41) is 4.07. The minimum atomic E-state index is -0.0433. The van der Waals surface area contributed by atoms with Crippen molar-refractivity contribution in [1.29, 1.82) is 0 Å². The average Bonchev–Trinajstić information content (AvgIpc) is 3.81. The summed E-state index contributed by atoms with van der Waals surface area (Å²) < 4.78 is 0. The third kappa shape index (κ3) is 4.71. The van der Waals surface area contributed by atoms with E-state index in [-0.39, 0.29) is 17.3 Å². The summed E-state index contributed by atoms with van der Waals surface area (Å²) in [6.07, 6.45) is 0. The standard InChI is InChI=1S/C53H31N3O3/c54-33-7-14-40-37-11-4-28(20-44(37)51(57)47(40)23-33)26-3-10-36-32(17-26)18-30-2-1-27(29-5-12-38-41-15-8-34(55)24-48(41)52(58)45(38)21-29)19-43(30)50(36)31-6-13-39-42-16-9-35(56)25-49(42)53(59)46(39)22-31/h1-25H,54-56H2. The lowest BCUT2D eigenvalue weighted by atomic mass is 9.87. The van der Waals surface area contributed by atoms with Crippen molar-refractivity contribution in [2.45, 2.75) is 0 Å². The highest BCUT2D eigenvalue weighted by atomic mass is 16.1. The van der Waals surface area contributed by atoms with E-state index in [1.807, 2.05) is 72.8 Å². The summed E-state index contributed by atoms with van der Waals surface area (Å²) in [4.78, 5) is 41.0. The lowest BCUT2D eigenvalue weighted by Crippen LogP contribution is -1.97. The number of carbonyl (C=O) groups is 3. The molecule has 0 aromatic heterocycles. The predicted molar refractivity (Wildman–Crippen MR) is 238 cm³/mol. The number of anilines is 3. The second kappa shape index (κ2) is 11.7. The summed E-state index contributed by atoms with van der Waals surface area (Å²) >= 11 is 0. The minimum Gasteiger partial charge on any atom is -0.399 e. The number of hydrogen-bond donors (Lipinski definition) is 3. The predicted octanol–water partition coefficient (Wildman–Crippen LogP) is 11.4. The first-order chi connectivity index (χ1) is 28.7. The molecule has 276 valence electrons. The van der Waals surface area contributed by atoms with Crippen LogP contribution in [0.15, 0.2) is 152 Å². The van der Waals surface area contributed by atoms with E-state index in [0.29, 0.717) is 50.4 Å². The Morgan fingerprint density at radius 2 is 0.610 bits per heavy atom. The summed E-state index contributed by atoms with van der Waals surface area (Å²) in [6, 6.07) is 49.8. The zero-order valence-corrected chi connectivity index (χ0v) is 31.4. The highest BCUT2D eigenvalue weighted by Crippen LogP contribution is 2.46. The maximum absolute atomic E-state index is 13.9. The average molecular weight is 758 g/mol. The van der Waals surface area contributed by atoms with Crippen LogP contribution in [-0.2, 0) is 0 Å². The van der Waals surface area contributed by atoms with Crippen molar-refractivity contribution in [1.82, 2.24) is 0 Å². The van der Waals surface area contributed by atoms with Gasteiger partial charge in [0.2, 0.25) is 0 Å². The molecule has 0 spiro atoms. The Morgan fingerprint density at radius 1 is 0.254 bits per heavy atom. The molecule has 0 bridgehead atoms. The number of hydrogen-bond acceptors (Lipinski definition) is 6. The third-order valence-corrected chi connectivity index (χ3v) is 12.4. The van der Waals surface area contributed by atoms with E-state index >= 15 is 0 Å². The van der Waals surface area contributed by atoms with Crippen LogP contribution in [0.4, 0.5) is 17.1 Å². The molecular formula is C53H31N3O3. The summed E-state index contributed by atoms with van der Waals surface area (Å²) in [6.45, 7) is 0. The highest BCUT2D eigenvalue weighted by Gasteiger charge is 2.30. The molecule has 0 saturated carbocycles. The van der Waals surface area contributed by atoms with Crippen LogP contribution in [0.1, 0.15) is 47.8 Å². The second-order valence-electron chi connectivity index (χ2n) is 15.8. The largest absolute Gasteiger partial charge is 0.399 e. The van der Waals surface area contributed by atoms with E-state index < -0.39 is 0 Å². The van der Waals surface area contributed by atoms with Gasteiger partial charge in [-0.3, -0.25) is 14.4 Å². The molecule has 0 fully saturated rings. The van der Waals surface area contributed by atoms with Crippen LogP contribution in [0.25, 0.3) is 88.3 Å². The van der Waals surface area contributed by atoms with E-state index in [1.165, 1.54) is 0 Å². The smallest absolute Gasteiger partial charge is 0.194 e. The van der Waals surface area contributed by atoms with Crippen molar-refractivity contribution < 1.29 is 14.4 Å². The normalized spacial score (nSPS) is 13.1. The van der Waals surface area contributed by atoms with Crippen molar-refractivity contribution in [3.8, 4) is 66.8 Å². The summed E-state index contributed by atoms with van der Waals surface area (Å²) in [7, 11) is 0. The van der Waals surface area contributed by atoms with Crippen molar-refractivity contribution in [3.05, 3.63) is 185 Å². The van der Waals surface area contributed by atoms with Crippen LogP contribution in [0, 0.1) is 0 Å². The van der Waals surface area contributed by atoms with Gasteiger partial charge in [-0.1, -0.05) is 78.9 Å². The molecular weight excluding hydrogens is 727 g/mol. The number of fused-ring (bicyclic) bond motifs is 11. The van der Waals surface area contributed by atoms with Gasteiger partial charge in [0.25, 0.3) is 0 Å². The SMILES string of the molecule is Nc1ccc2c(c1)C(=O)c1cc(-c3ccc4c(-c5ccc6c(c5)C(=O)c5cc(N)ccc5-6)c5cc(-c6ccc7c(c6)C(=O)c6cc(N)ccc6-7)ccc5cc4c3)ccc1-2. The first kappa shape index (κ1) is 33.1. The second-order valence-corrected chi connectivity index (χ2v) is 15.8. The lowest BCUT2D eigenvalue weighted by molar-refractivity contribution is 0.103. The Kier molecular flexibility index (Phi) is 6.58. The van der Waals surface area contributed by atoms with E-state index in [9.17, 15) is 14.4 Å². The number of ketones is 3. The van der Waals surface area contributed by atoms with Crippen molar-refractivity contribution in [2.24, 2.45) is 0 Å². The van der Waals surface area contributed by atoms with Gasteiger partial charge in [0.1, 0.15) is 0 Å². The Hall–Kier alpha value is -8.09. The molecule has 0 aliphatic heterocycles. The van der Waals surface area contributed by atoms with Gasteiger partial charge in [0.05, 0.1) is 0 Å². The van der Waals surface area contributed by atoms with Crippen molar-refractivity contribution >= 4 is 56.0 Å². The minimum absolute atomic E-state index is 0.0213. The molecule has 3 aliphatic rings. The van der Waals surface area contributed by atoms with Crippen molar-refractivity contribution in [2.75, 3.05) is 17.2 Å². The number of carbonyl (C=O) groups excluding carboxylic acids is 3. The van der Waals surface area contributed by atoms with Crippen LogP contribution in [0.3, 0.4) is 0 Å². The lowest BCUT2D eigenvalue weighted by Gasteiger charge is -2.16. The quantitative estimate of drug-likeness (QED) is 0.122. The maximum Gasteiger partial charge on any atom is 0.194 e. The van der Waals surface area contributed by atoms with Gasteiger partial charge in [-0.05, 0) is 161 Å². The number of rotatable bonds is 3. The van der Waals surface area contributed by atoms with E-state index in [0.717, 1.165) is 88.3 Å². The topological polar surface area (TPSA) is 129 Å². The molecule has 0 radical (unpaired) electrons. The zero-order valence-electron chi connectivity index (χ0n) is 31.4. The molecule has 0 amide bonds. The van der Waals surface area contributed by atoms with Crippen LogP contribution >= 0.6 is 0 Å². The fraction of sp³-hybridized carbons (Fsp3) is 0. The van der Waals surface area contributed by atoms with E-state index in [2.05, 4.69) is 60.7 Å². The Morgan fingerprint density at radius 3 is 1.10 bits per heavy atom. The molecule has 3 aliphatic carbocycles. The fourth-order valence-corrected chi connectivity index (χ4v) is 9.60. The van der Waals surface area contributed by atoms with Gasteiger partial charge in [0.15, 0.2) is 17.3 Å². The van der Waals surface area contributed by atoms with Crippen molar-refractivity contribution in [3.63, 3.8) is 0 Å². The van der Waals surface area contributed by atoms with Crippen LogP contribution in [0.2, 0.25) is 0 Å². The van der Waals surface area contributed by atoms with Gasteiger partial charge < -0.3 is 17.2 Å². The molecule has 6 heteroatoms. The number of nitrogen functional groups attached to an aromatic ring is 3. The Bertz CT molecular complexity index is 3490. The molecule has 0 heterocycles.